The topological polar surface area (TPSA) is 140 Å². The zero-order valence-corrected chi connectivity index (χ0v) is 8.11. The van der Waals surface area contributed by atoms with E-state index in [1.807, 2.05) is 0 Å². The molecule has 1 fully saturated rings. The van der Waals surface area contributed by atoms with Gasteiger partial charge in [-0.3, -0.25) is 20.8 Å². The van der Waals surface area contributed by atoms with E-state index in [4.69, 9.17) is 20.8 Å². The van der Waals surface area contributed by atoms with Crippen LogP contribution in [0.25, 0.3) is 0 Å². The highest BCUT2D eigenvalue weighted by atomic mass is 32.2. The summed E-state index contributed by atoms with van der Waals surface area (Å²) in [6, 6.07) is 0. The fraction of sp³-hybridized carbons (Fsp3) is 1.00. The second-order valence-corrected chi connectivity index (χ2v) is 5.02. The molecule has 1 rings (SSSR count). The molecule has 0 aliphatic carbocycles. The molecule has 0 aromatic carbocycles. The van der Waals surface area contributed by atoms with E-state index in [0.29, 0.717) is 0 Å². The summed E-state index contributed by atoms with van der Waals surface area (Å²) in [7, 11) is -3.48. The van der Waals surface area contributed by atoms with Crippen molar-refractivity contribution in [2.45, 2.75) is 12.2 Å². The van der Waals surface area contributed by atoms with Crippen LogP contribution < -0.4 is 0 Å². The van der Waals surface area contributed by atoms with Crippen molar-refractivity contribution < 1.29 is 38.9 Å². The first-order valence-electron chi connectivity index (χ1n) is 3.70. The SMILES string of the molecule is O=S1(=O)CC(ON(O)O)C(ON(O)O)C1. The molecule has 1 aliphatic rings. The van der Waals surface area contributed by atoms with Gasteiger partial charge in [-0.25, -0.2) is 18.1 Å². The zero-order chi connectivity index (χ0) is 11.6. The van der Waals surface area contributed by atoms with E-state index >= 15 is 0 Å². The normalized spacial score (nSPS) is 30.3. The van der Waals surface area contributed by atoms with Crippen molar-refractivity contribution in [2.75, 3.05) is 11.5 Å². The smallest absolute Gasteiger partial charge is 0.155 e. The Hall–Kier alpha value is -0.370. The van der Waals surface area contributed by atoms with Gasteiger partial charge in [0.1, 0.15) is 12.2 Å². The summed E-state index contributed by atoms with van der Waals surface area (Å²) in [5.41, 5.74) is 0. The lowest BCUT2D eigenvalue weighted by Gasteiger charge is -2.19. The first-order chi connectivity index (χ1) is 6.80. The number of hydrogen-bond acceptors (Lipinski definition) is 10. The molecule has 1 heterocycles. The average Bonchev–Trinajstić information content (AvgIpc) is 2.22. The predicted molar refractivity (Wildman–Crippen MR) is 39.2 cm³/mol. The molecule has 0 radical (unpaired) electrons. The molecule has 11 heteroatoms. The minimum Gasteiger partial charge on any atom is -0.266 e. The van der Waals surface area contributed by atoms with Gasteiger partial charge in [0.05, 0.1) is 22.3 Å². The first kappa shape index (κ1) is 12.7. The summed E-state index contributed by atoms with van der Waals surface area (Å²) in [5.74, 6) is -1.05. The van der Waals surface area contributed by atoms with Crippen molar-refractivity contribution in [1.29, 1.82) is 0 Å². The summed E-state index contributed by atoms with van der Waals surface area (Å²) in [6.45, 7) is 0. The highest BCUT2D eigenvalue weighted by Crippen LogP contribution is 2.19. The molecule has 0 saturated carbocycles. The lowest BCUT2D eigenvalue weighted by molar-refractivity contribution is -0.534. The van der Waals surface area contributed by atoms with Gasteiger partial charge in [-0.1, -0.05) is 0 Å². The molecule has 15 heavy (non-hydrogen) atoms. The third kappa shape index (κ3) is 3.94. The van der Waals surface area contributed by atoms with Gasteiger partial charge in [-0.2, -0.15) is 0 Å². The second kappa shape index (κ2) is 4.65. The number of rotatable bonds is 4. The lowest BCUT2D eigenvalue weighted by Crippen LogP contribution is -2.38. The molecule has 2 unspecified atom stereocenters. The van der Waals surface area contributed by atoms with Crippen molar-refractivity contribution in [2.24, 2.45) is 0 Å². The lowest BCUT2D eigenvalue weighted by atomic mass is 10.3. The van der Waals surface area contributed by atoms with Gasteiger partial charge in [-0.15, -0.1) is 0 Å². The van der Waals surface area contributed by atoms with Gasteiger partial charge < -0.3 is 0 Å². The largest absolute Gasteiger partial charge is 0.266 e. The fourth-order valence-corrected chi connectivity index (χ4v) is 2.91. The third-order valence-corrected chi connectivity index (χ3v) is 3.38. The van der Waals surface area contributed by atoms with E-state index < -0.39 is 44.3 Å². The van der Waals surface area contributed by atoms with Gasteiger partial charge >= 0.3 is 0 Å². The summed E-state index contributed by atoms with van der Waals surface area (Å²) < 4.78 is 22.2. The molecule has 1 aliphatic heterocycles. The molecule has 90 valence electrons. The predicted octanol–water partition coefficient (Wildman–Crippen LogP) is -1.82. The first-order valence-corrected chi connectivity index (χ1v) is 5.52. The standard InChI is InChI=1S/C4H10N2O8S/c7-5(8)13-3-1-15(11,12)2-4(3)14-6(9)10/h3-4,7-10H,1-2H2. The Labute approximate surface area is 84.1 Å². The van der Waals surface area contributed by atoms with Crippen molar-refractivity contribution in [3.8, 4) is 0 Å². The van der Waals surface area contributed by atoms with Gasteiger partial charge in [0, 0.05) is 0 Å². The fourth-order valence-electron chi connectivity index (χ4n) is 1.22. The van der Waals surface area contributed by atoms with Crippen LogP contribution in [0.4, 0.5) is 0 Å². The number of sulfone groups is 1. The Bertz CT molecular complexity index is 278. The van der Waals surface area contributed by atoms with Crippen LogP contribution in [-0.4, -0.2) is 63.7 Å². The molecular formula is C4H10N2O8S. The third-order valence-electron chi connectivity index (χ3n) is 1.71. The Morgan fingerprint density at radius 3 is 1.53 bits per heavy atom. The Kier molecular flexibility index (Phi) is 3.93. The van der Waals surface area contributed by atoms with Gasteiger partial charge in [-0.05, 0) is 0 Å². The van der Waals surface area contributed by atoms with E-state index in [1.54, 1.807) is 0 Å². The summed E-state index contributed by atoms with van der Waals surface area (Å²) in [6.07, 6.45) is -2.49. The summed E-state index contributed by atoms with van der Waals surface area (Å²) in [5, 5.41) is 31.9. The highest BCUT2D eigenvalue weighted by Gasteiger charge is 2.42. The maximum absolute atomic E-state index is 11.1. The van der Waals surface area contributed by atoms with Crippen LogP contribution >= 0.6 is 0 Å². The van der Waals surface area contributed by atoms with Gasteiger partial charge in [0.25, 0.3) is 0 Å². The summed E-state index contributed by atoms with van der Waals surface area (Å²) in [4.78, 5) is 8.50. The molecule has 0 aromatic rings. The number of hydrogen-bond donors (Lipinski definition) is 4. The quantitative estimate of drug-likeness (QED) is 0.419. The second-order valence-electron chi connectivity index (χ2n) is 2.87. The van der Waals surface area contributed by atoms with E-state index in [-0.39, 0.29) is 0 Å². The maximum Gasteiger partial charge on any atom is 0.155 e. The zero-order valence-electron chi connectivity index (χ0n) is 7.29. The monoisotopic (exact) mass is 246 g/mol. The minimum atomic E-state index is -3.48. The van der Waals surface area contributed by atoms with Crippen molar-refractivity contribution in [3.05, 3.63) is 0 Å². The maximum atomic E-state index is 11.1. The van der Waals surface area contributed by atoms with Crippen LogP contribution in [0, 0.1) is 0 Å². The van der Waals surface area contributed by atoms with Crippen LogP contribution in [0.5, 0.6) is 0 Å². The molecule has 4 N–H and O–H groups in total. The molecule has 1 saturated heterocycles. The van der Waals surface area contributed by atoms with Crippen LogP contribution in [-0.2, 0) is 19.5 Å². The van der Waals surface area contributed by atoms with Gasteiger partial charge in [0.15, 0.2) is 9.84 Å². The molecule has 0 amide bonds. The minimum absolute atomic E-state index is 0.525. The average molecular weight is 246 g/mol. The van der Waals surface area contributed by atoms with E-state index in [0.717, 1.165) is 0 Å². The van der Waals surface area contributed by atoms with Crippen LogP contribution in [0.1, 0.15) is 0 Å². The number of nitrogens with zero attached hydrogens (tertiary/aromatic N) is 2. The summed E-state index contributed by atoms with van der Waals surface area (Å²) >= 11 is 0. The molecule has 0 spiro atoms. The van der Waals surface area contributed by atoms with Crippen molar-refractivity contribution in [3.63, 3.8) is 0 Å². The Morgan fingerprint density at radius 2 is 1.27 bits per heavy atom. The highest BCUT2D eigenvalue weighted by molar-refractivity contribution is 7.91. The van der Waals surface area contributed by atoms with Crippen LogP contribution in [0.3, 0.4) is 0 Å². The molecule has 0 bridgehead atoms. The molecule has 0 aromatic heterocycles. The Balaban J connectivity index is 2.66. The Morgan fingerprint density at radius 1 is 0.933 bits per heavy atom. The van der Waals surface area contributed by atoms with Crippen molar-refractivity contribution >= 4 is 9.84 Å². The van der Waals surface area contributed by atoms with Crippen molar-refractivity contribution in [1.82, 2.24) is 10.8 Å². The van der Waals surface area contributed by atoms with Crippen LogP contribution in [0.2, 0.25) is 0 Å². The van der Waals surface area contributed by atoms with E-state index in [9.17, 15) is 8.42 Å². The van der Waals surface area contributed by atoms with Crippen LogP contribution in [0.15, 0.2) is 0 Å². The molecule has 10 nitrogen and oxygen atoms in total. The molecular weight excluding hydrogens is 236 g/mol. The van der Waals surface area contributed by atoms with Gasteiger partial charge in [0.2, 0.25) is 0 Å². The van der Waals surface area contributed by atoms with E-state index in [1.165, 1.54) is 0 Å². The molecule has 2 atom stereocenters. The van der Waals surface area contributed by atoms with E-state index in [2.05, 4.69) is 9.68 Å².